The van der Waals surface area contributed by atoms with E-state index in [1.807, 2.05) is 12.3 Å². The quantitative estimate of drug-likeness (QED) is 0.339. The van der Waals surface area contributed by atoms with Gasteiger partial charge in [-0.15, -0.1) is 24.0 Å². The standard InChI is InChI=1S/C24H34N6O.HI/c1-2-25-24(30-13-11-28(12-14-30)20-21-7-4-3-5-8-21)27-19-22-9-6-10-26-23(22)29-15-17-31-18-16-29;/h3-10H,2,11-20H2,1H3,(H,25,27);1H. The summed E-state index contributed by atoms with van der Waals surface area (Å²) in [6, 6.07) is 14.9. The molecule has 0 amide bonds. The molecule has 0 radical (unpaired) electrons. The topological polar surface area (TPSA) is 56.2 Å². The average molecular weight is 550 g/mol. The summed E-state index contributed by atoms with van der Waals surface area (Å²) < 4.78 is 5.50. The third-order valence-corrected chi connectivity index (χ3v) is 5.83. The second-order valence-electron chi connectivity index (χ2n) is 8.00. The molecule has 2 aliphatic rings. The smallest absolute Gasteiger partial charge is 0.194 e. The van der Waals surface area contributed by atoms with Crippen LogP contribution in [-0.2, 0) is 17.8 Å². The van der Waals surface area contributed by atoms with Crippen LogP contribution in [0.15, 0.2) is 53.7 Å². The van der Waals surface area contributed by atoms with Gasteiger partial charge in [-0.3, -0.25) is 4.90 Å². The molecular formula is C24H35IN6O. The van der Waals surface area contributed by atoms with Gasteiger partial charge in [-0.2, -0.15) is 0 Å². The number of piperazine rings is 1. The van der Waals surface area contributed by atoms with Gasteiger partial charge in [0.05, 0.1) is 19.8 Å². The molecule has 2 fully saturated rings. The molecule has 0 unspecified atom stereocenters. The van der Waals surface area contributed by atoms with Crippen LogP contribution in [0.3, 0.4) is 0 Å². The van der Waals surface area contributed by atoms with Gasteiger partial charge in [-0.05, 0) is 18.6 Å². The van der Waals surface area contributed by atoms with E-state index < -0.39 is 0 Å². The largest absolute Gasteiger partial charge is 0.378 e. The van der Waals surface area contributed by atoms with Crippen molar-refractivity contribution >= 4 is 35.8 Å². The van der Waals surface area contributed by atoms with E-state index in [4.69, 9.17) is 9.73 Å². The number of nitrogens with zero attached hydrogens (tertiary/aromatic N) is 5. The van der Waals surface area contributed by atoms with Gasteiger partial charge >= 0.3 is 0 Å². The van der Waals surface area contributed by atoms with E-state index in [2.05, 4.69) is 68.3 Å². The zero-order valence-corrected chi connectivity index (χ0v) is 21.3. The third-order valence-electron chi connectivity index (χ3n) is 5.83. The molecule has 1 aromatic heterocycles. The summed E-state index contributed by atoms with van der Waals surface area (Å²) in [4.78, 5) is 16.9. The Balaban J connectivity index is 0.00000289. The highest BCUT2D eigenvalue weighted by atomic mass is 127. The summed E-state index contributed by atoms with van der Waals surface area (Å²) in [5.74, 6) is 2.04. The molecule has 7 nitrogen and oxygen atoms in total. The van der Waals surface area contributed by atoms with Gasteiger partial charge < -0.3 is 19.9 Å². The number of aliphatic imine (C=N–C) groups is 1. The lowest BCUT2D eigenvalue weighted by Gasteiger charge is -2.36. The summed E-state index contributed by atoms with van der Waals surface area (Å²) in [5, 5.41) is 3.49. The van der Waals surface area contributed by atoms with Gasteiger partial charge in [0.25, 0.3) is 0 Å². The molecule has 0 saturated carbocycles. The highest BCUT2D eigenvalue weighted by Crippen LogP contribution is 2.19. The maximum atomic E-state index is 5.50. The third kappa shape index (κ3) is 6.79. The van der Waals surface area contributed by atoms with Crippen LogP contribution >= 0.6 is 24.0 Å². The molecule has 1 N–H and O–H groups in total. The Hall–Kier alpha value is -1.91. The first kappa shape index (κ1) is 24.7. The fraction of sp³-hybridized carbons (Fsp3) is 0.500. The van der Waals surface area contributed by atoms with Crippen LogP contribution in [-0.4, -0.2) is 79.8 Å². The molecule has 1 aromatic carbocycles. The Bertz CT molecular complexity index is 835. The van der Waals surface area contributed by atoms with Crippen molar-refractivity contribution in [2.45, 2.75) is 20.0 Å². The van der Waals surface area contributed by atoms with Crippen molar-refractivity contribution in [3.63, 3.8) is 0 Å². The first-order chi connectivity index (χ1) is 15.3. The first-order valence-corrected chi connectivity index (χ1v) is 11.4. The second kappa shape index (κ2) is 13.0. The molecule has 4 rings (SSSR count). The number of hydrogen-bond acceptors (Lipinski definition) is 5. The molecule has 0 spiro atoms. The molecule has 8 heteroatoms. The molecular weight excluding hydrogens is 515 g/mol. The molecule has 2 aromatic rings. The van der Waals surface area contributed by atoms with Gasteiger partial charge in [0.2, 0.25) is 0 Å². The average Bonchev–Trinajstić information content (AvgIpc) is 2.84. The van der Waals surface area contributed by atoms with E-state index in [1.165, 1.54) is 11.1 Å². The minimum absolute atomic E-state index is 0. The summed E-state index contributed by atoms with van der Waals surface area (Å²) in [7, 11) is 0. The van der Waals surface area contributed by atoms with E-state index >= 15 is 0 Å². The second-order valence-corrected chi connectivity index (χ2v) is 8.00. The number of anilines is 1. The number of aromatic nitrogens is 1. The highest BCUT2D eigenvalue weighted by Gasteiger charge is 2.20. The van der Waals surface area contributed by atoms with Crippen molar-refractivity contribution in [2.24, 2.45) is 4.99 Å². The Morgan fingerprint density at radius 2 is 1.75 bits per heavy atom. The van der Waals surface area contributed by atoms with E-state index in [-0.39, 0.29) is 24.0 Å². The van der Waals surface area contributed by atoms with E-state index in [1.54, 1.807) is 0 Å². The first-order valence-electron chi connectivity index (χ1n) is 11.4. The predicted octanol–water partition coefficient (Wildman–Crippen LogP) is 2.82. The van der Waals surface area contributed by atoms with Gasteiger partial charge in [0.15, 0.2) is 5.96 Å². The summed E-state index contributed by atoms with van der Waals surface area (Å²) in [5.41, 5.74) is 2.55. The maximum absolute atomic E-state index is 5.50. The summed E-state index contributed by atoms with van der Waals surface area (Å²) in [6.07, 6.45) is 1.87. The minimum Gasteiger partial charge on any atom is -0.378 e. The Morgan fingerprint density at radius 1 is 1.00 bits per heavy atom. The number of morpholine rings is 1. The molecule has 3 heterocycles. The van der Waals surface area contributed by atoms with Crippen molar-refractivity contribution in [3.05, 3.63) is 59.8 Å². The van der Waals surface area contributed by atoms with Gasteiger partial charge in [0.1, 0.15) is 5.82 Å². The monoisotopic (exact) mass is 550 g/mol. The molecule has 32 heavy (non-hydrogen) atoms. The zero-order chi connectivity index (χ0) is 21.3. The van der Waals surface area contributed by atoms with E-state index in [0.717, 1.165) is 77.3 Å². The van der Waals surface area contributed by atoms with Crippen molar-refractivity contribution in [2.75, 3.05) is 63.9 Å². The number of halogens is 1. The van der Waals surface area contributed by atoms with Crippen LogP contribution in [0.25, 0.3) is 0 Å². The van der Waals surface area contributed by atoms with E-state index in [9.17, 15) is 0 Å². The van der Waals surface area contributed by atoms with Crippen LogP contribution < -0.4 is 10.2 Å². The SMILES string of the molecule is CCNC(=NCc1cccnc1N1CCOCC1)N1CCN(Cc2ccccc2)CC1.I. The van der Waals surface area contributed by atoms with Crippen molar-refractivity contribution in [1.29, 1.82) is 0 Å². The van der Waals surface area contributed by atoms with Gasteiger partial charge in [0, 0.05) is 64.1 Å². The molecule has 0 atom stereocenters. The Labute approximate surface area is 208 Å². The molecule has 0 bridgehead atoms. The van der Waals surface area contributed by atoms with Crippen LogP contribution in [0.2, 0.25) is 0 Å². The molecule has 174 valence electrons. The lowest BCUT2D eigenvalue weighted by molar-refractivity contribution is 0.122. The minimum atomic E-state index is 0. The number of nitrogens with one attached hydrogen (secondary N) is 1. The van der Waals surface area contributed by atoms with Gasteiger partial charge in [-0.25, -0.2) is 9.98 Å². The number of hydrogen-bond donors (Lipinski definition) is 1. The number of ether oxygens (including phenoxy) is 1. The normalized spacial score (nSPS) is 17.7. The number of guanidine groups is 1. The lowest BCUT2D eigenvalue weighted by atomic mass is 10.2. The fourth-order valence-electron chi connectivity index (χ4n) is 4.16. The van der Waals surface area contributed by atoms with Gasteiger partial charge in [-0.1, -0.05) is 36.4 Å². The van der Waals surface area contributed by atoms with Crippen LogP contribution in [0.1, 0.15) is 18.1 Å². The molecule has 0 aliphatic carbocycles. The van der Waals surface area contributed by atoms with Crippen LogP contribution in [0.4, 0.5) is 5.82 Å². The maximum Gasteiger partial charge on any atom is 0.194 e. The van der Waals surface area contributed by atoms with Crippen molar-refractivity contribution in [1.82, 2.24) is 20.1 Å². The van der Waals surface area contributed by atoms with Crippen LogP contribution in [0, 0.1) is 0 Å². The van der Waals surface area contributed by atoms with Crippen molar-refractivity contribution in [3.8, 4) is 0 Å². The lowest BCUT2D eigenvalue weighted by Crippen LogP contribution is -2.52. The molecule has 2 saturated heterocycles. The number of rotatable bonds is 6. The summed E-state index contributed by atoms with van der Waals surface area (Å²) >= 11 is 0. The summed E-state index contributed by atoms with van der Waals surface area (Å²) in [6.45, 7) is 12.0. The van der Waals surface area contributed by atoms with E-state index in [0.29, 0.717) is 6.54 Å². The highest BCUT2D eigenvalue weighted by molar-refractivity contribution is 14.0. The Morgan fingerprint density at radius 3 is 2.47 bits per heavy atom. The fourth-order valence-corrected chi connectivity index (χ4v) is 4.16. The van der Waals surface area contributed by atoms with Crippen LogP contribution in [0.5, 0.6) is 0 Å². The number of pyridine rings is 1. The zero-order valence-electron chi connectivity index (χ0n) is 18.9. The Kier molecular flexibility index (Phi) is 10.0. The molecule has 2 aliphatic heterocycles. The van der Waals surface area contributed by atoms with Crippen molar-refractivity contribution < 1.29 is 4.74 Å². The number of benzene rings is 1. The predicted molar refractivity (Wildman–Crippen MR) is 141 cm³/mol.